The van der Waals surface area contributed by atoms with Gasteiger partial charge in [0.25, 0.3) is 5.91 Å². The van der Waals surface area contributed by atoms with E-state index < -0.39 is 17.5 Å². The molecule has 31 heavy (non-hydrogen) atoms. The minimum Gasteiger partial charge on any atom is -0.347 e. The van der Waals surface area contributed by atoms with Crippen LogP contribution in [0.15, 0.2) is 60.3 Å². The van der Waals surface area contributed by atoms with Gasteiger partial charge in [0.15, 0.2) is 5.78 Å². The molecule has 160 valence electrons. The van der Waals surface area contributed by atoms with E-state index in [1.54, 1.807) is 37.3 Å². The van der Waals surface area contributed by atoms with E-state index in [0.29, 0.717) is 10.6 Å². The molecule has 0 radical (unpaired) electrons. The highest BCUT2D eigenvalue weighted by molar-refractivity contribution is 6.30. The number of fused-ring (bicyclic) bond motifs is 1. The number of hydrogen-bond donors (Lipinski definition) is 1. The van der Waals surface area contributed by atoms with Crippen LogP contribution in [0.1, 0.15) is 31.9 Å². The summed E-state index contributed by atoms with van der Waals surface area (Å²) in [4.78, 5) is 41.5. The van der Waals surface area contributed by atoms with Crippen LogP contribution in [-0.2, 0) is 20.5 Å². The van der Waals surface area contributed by atoms with Gasteiger partial charge in [0.1, 0.15) is 5.54 Å². The summed E-state index contributed by atoms with van der Waals surface area (Å²) in [6.07, 6.45) is 1.54. The van der Waals surface area contributed by atoms with Crippen molar-refractivity contribution in [2.45, 2.75) is 31.7 Å². The van der Waals surface area contributed by atoms with Crippen molar-refractivity contribution in [2.75, 3.05) is 18.5 Å². The van der Waals surface area contributed by atoms with Gasteiger partial charge in [-0.15, -0.1) is 0 Å². The molecular formula is C24H24ClN3O3. The Morgan fingerprint density at radius 1 is 1.06 bits per heavy atom. The Hall–Kier alpha value is -3.12. The number of allylic oxidation sites excluding steroid dienone is 1. The highest BCUT2D eigenvalue weighted by Crippen LogP contribution is 2.46. The molecule has 2 aliphatic heterocycles. The number of hydrogen-bond acceptors (Lipinski definition) is 4. The summed E-state index contributed by atoms with van der Waals surface area (Å²) in [5.74, 6) is -0.777. The van der Waals surface area contributed by atoms with Gasteiger partial charge in [-0.3, -0.25) is 14.5 Å². The zero-order valence-corrected chi connectivity index (χ0v) is 18.7. The number of carbonyl (C=O) groups is 3. The molecule has 6 nitrogen and oxygen atoms in total. The summed E-state index contributed by atoms with van der Waals surface area (Å²) in [5, 5.41) is 3.25. The Balaban J connectivity index is 1.57. The standard InChI is InChI=1S/C24H24ClN3O3/c1-23(2)18-7-5-6-8-19(18)27(4)20(23)13-17(29)14-28-21(30)24(3,26-22(28)31)15-9-11-16(25)12-10-15/h5-13H,14H2,1-4H3,(H,26,31)/b20-13-/t24-/m0/s1. The maximum absolute atomic E-state index is 13.1. The average molecular weight is 438 g/mol. The Bertz CT molecular complexity index is 1120. The van der Waals surface area contributed by atoms with Crippen molar-refractivity contribution in [3.63, 3.8) is 0 Å². The van der Waals surface area contributed by atoms with Gasteiger partial charge in [-0.05, 0) is 36.2 Å². The van der Waals surface area contributed by atoms with Crippen LogP contribution < -0.4 is 10.2 Å². The Morgan fingerprint density at radius 3 is 2.35 bits per heavy atom. The summed E-state index contributed by atoms with van der Waals surface area (Å²) >= 11 is 5.94. The van der Waals surface area contributed by atoms with Gasteiger partial charge in [0.2, 0.25) is 0 Å². The number of amides is 3. The van der Waals surface area contributed by atoms with Crippen molar-refractivity contribution in [3.8, 4) is 0 Å². The molecule has 0 unspecified atom stereocenters. The Labute approximate surface area is 186 Å². The molecule has 1 atom stereocenters. The van der Waals surface area contributed by atoms with Gasteiger partial charge in [0, 0.05) is 34.9 Å². The summed E-state index contributed by atoms with van der Waals surface area (Å²) in [5.41, 5.74) is 1.99. The van der Waals surface area contributed by atoms with Crippen molar-refractivity contribution in [1.29, 1.82) is 0 Å². The lowest BCUT2D eigenvalue weighted by molar-refractivity contribution is -0.133. The number of carbonyl (C=O) groups excluding carboxylic acids is 3. The van der Waals surface area contributed by atoms with Crippen molar-refractivity contribution in [1.82, 2.24) is 10.2 Å². The maximum atomic E-state index is 13.1. The number of nitrogens with one attached hydrogen (secondary N) is 1. The minimum absolute atomic E-state index is 0.313. The van der Waals surface area contributed by atoms with Crippen LogP contribution in [-0.4, -0.2) is 36.2 Å². The van der Waals surface area contributed by atoms with Gasteiger partial charge in [0.05, 0.1) is 6.54 Å². The fraction of sp³-hybridized carbons (Fsp3) is 0.292. The van der Waals surface area contributed by atoms with E-state index >= 15 is 0 Å². The molecule has 1 fully saturated rings. The van der Waals surface area contributed by atoms with E-state index in [1.807, 2.05) is 36.2 Å². The number of nitrogens with zero attached hydrogens (tertiary/aromatic N) is 2. The summed E-state index contributed by atoms with van der Waals surface area (Å²) in [6, 6.07) is 14.1. The van der Waals surface area contributed by atoms with Crippen LogP contribution >= 0.6 is 11.6 Å². The van der Waals surface area contributed by atoms with Crippen LogP contribution in [0.2, 0.25) is 5.02 Å². The van der Waals surface area contributed by atoms with Crippen molar-refractivity contribution >= 4 is 35.0 Å². The summed E-state index contributed by atoms with van der Waals surface area (Å²) in [7, 11) is 1.91. The number of urea groups is 1. The van der Waals surface area contributed by atoms with E-state index in [1.165, 1.54) is 0 Å². The fourth-order valence-corrected chi connectivity index (χ4v) is 4.56. The number of anilines is 1. The molecule has 2 aliphatic rings. The van der Waals surface area contributed by atoms with Gasteiger partial charge in [-0.25, -0.2) is 4.79 Å². The monoisotopic (exact) mass is 437 g/mol. The summed E-state index contributed by atoms with van der Waals surface area (Å²) < 4.78 is 0. The van der Waals surface area contributed by atoms with Crippen LogP contribution in [0.4, 0.5) is 10.5 Å². The Kier molecular flexibility index (Phi) is 4.93. The number of halogens is 1. The zero-order chi connectivity index (χ0) is 22.6. The lowest BCUT2D eigenvalue weighted by Crippen LogP contribution is -2.41. The molecule has 7 heteroatoms. The minimum atomic E-state index is -1.24. The molecule has 0 spiro atoms. The molecule has 2 aromatic carbocycles. The predicted octanol–water partition coefficient (Wildman–Crippen LogP) is 3.99. The molecule has 0 bridgehead atoms. The first-order chi connectivity index (χ1) is 14.6. The number of para-hydroxylation sites is 1. The third-order valence-corrected chi connectivity index (χ3v) is 6.50. The van der Waals surface area contributed by atoms with Gasteiger partial charge in [-0.2, -0.15) is 0 Å². The van der Waals surface area contributed by atoms with Gasteiger partial charge in [-0.1, -0.05) is 55.8 Å². The van der Waals surface area contributed by atoms with E-state index in [2.05, 4.69) is 19.2 Å². The lowest BCUT2D eigenvalue weighted by atomic mass is 9.83. The highest BCUT2D eigenvalue weighted by atomic mass is 35.5. The number of imide groups is 1. The van der Waals surface area contributed by atoms with Crippen LogP contribution in [0, 0.1) is 0 Å². The number of likely N-dealkylation sites (N-methyl/N-ethyl adjacent to an activating group) is 1. The second-order valence-electron chi connectivity index (χ2n) is 8.65. The summed E-state index contributed by atoms with van der Waals surface area (Å²) in [6.45, 7) is 5.42. The normalized spacial score (nSPS) is 23.3. The molecule has 0 aliphatic carbocycles. The largest absolute Gasteiger partial charge is 0.347 e. The molecule has 1 N–H and O–H groups in total. The first-order valence-electron chi connectivity index (χ1n) is 10.0. The molecule has 2 heterocycles. The van der Waals surface area contributed by atoms with Crippen molar-refractivity contribution < 1.29 is 14.4 Å². The Morgan fingerprint density at radius 2 is 1.71 bits per heavy atom. The number of ketones is 1. The zero-order valence-electron chi connectivity index (χ0n) is 17.9. The SMILES string of the molecule is CN1/C(=C\C(=O)CN2C(=O)N[C@@](C)(c3ccc(Cl)cc3)C2=O)C(C)(C)c2ccccc21. The van der Waals surface area contributed by atoms with E-state index in [9.17, 15) is 14.4 Å². The quantitative estimate of drug-likeness (QED) is 0.580. The molecule has 0 aromatic heterocycles. The highest BCUT2D eigenvalue weighted by Gasteiger charge is 2.49. The van der Waals surface area contributed by atoms with Crippen LogP contribution in [0.25, 0.3) is 0 Å². The maximum Gasteiger partial charge on any atom is 0.325 e. The first kappa shape index (κ1) is 21.1. The van der Waals surface area contributed by atoms with E-state index in [0.717, 1.165) is 21.8 Å². The van der Waals surface area contributed by atoms with Crippen LogP contribution in [0.5, 0.6) is 0 Å². The third-order valence-electron chi connectivity index (χ3n) is 6.25. The second kappa shape index (κ2) is 7.24. The molecule has 1 saturated heterocycles. The molecule has 4 rings (SSSR count). The smallest absolute Gasteiger partial charge is 0.325 e. The number of rotatable bonds is 4. The van der Waals surface area contributed by atoms with Crippen molar-refractivity contribution in [2.24, 2.45) is 0 Å². The first-order valence-corrected chi connectivity index (χ1v) is 10.4. The van der Waals surface area contributed by atoms with Crippen LogP contribution in [0.3, 0.4) is 0 Å². The predicted molar refractivity (Wildman–Crippen MR) is 120 cm³/mol. The van der Waals surface area contributed by atoms with Gasteiger partial charge >= 0.3 is 6.03 Å². The van der Waals surface area contributed by atoms with E-state index in [-0.39, 0.29) is 17.7 Å². The topological polar surface area (TPSA) is 69.7 Å². The average Bonchev–Trinajstić information content (AvgIpc) is 3.06. The van der Waals surface area contributed by atoms with Crippen molar-refractivity contribution in [3.05, 3.63) is 76.5 Å². The number of benzene rings is 2. The second-order valence-corrected chi connectivity index (χ2v) is 9.09. The molecule has 3 amide bonds. The fourth-order valence-electron chi connectivity index (χ4n) is 4.43. The molecular weight excluding hydrogens is 414 g/mol. The van der Waals surface area contributed by atoms with E-state index in [4.69, 9.17) is 11.6 Å². The molecule has 2 aromatic rings. The third kappa shape index (κ3) is 3.31. The lowest BCUT2D eigenvalue weighted by Gasteiger charge is -2.24. The van der Waals surface area contributed by atoms with Gasteiger partial charge < -0.3 is 10.2 Å². The molecule has 0 saturated carbocycles.